The summed E-state index contributed by atoms with van der Waals surface area (Å²) < 4.78 is 20.8. The number of nitrogens with zero attached hydrogens (tertiary/aromatic N) is 4. The Hall–Kier alpha value is -3.12. The Bertz CT molecular complexity index is 1350. The van der Waals surface area contributed by atoms with Crippen LogP contribution in [0.1, 0.15) is 42.3 Å². The predicted octanol–water partition coefficient (Wildman–Crippen LogP) is 6.41. The third-order valence-electron chi connectivity index (χ3n) is 6.46. The summed E-state index contributed by atoms with van der Waals surface area (Å²) in [5.41, 5.74) is 7.00. The van der Waals surface area contributed by atoms with E-state index in [1.54, 1.807) is 7.11 Å². The fourth-order valence-corrected chi connectivity index (χ4v) is 5.18. The normalized spacial score (nSPS) is 12.9. The summed E-state index contributed by atoms with van der Waals surface area (Å²) in [6, 6.07) is 12.5. The molecule has 1 aliphatic carbocycles. The van der Waals surface area contributed by atoms with Crippen LogP contribution in [0.25, 0.3) is 16.8 Å². The van der Waals surface area contributed by atoms with Gasteiger partial charge in [-0.3, -0.25) is 0 Å². The molecular formula is C27H28ClFN4O. The molecule has 2 aromatic heterocycles. The van der Waals surface area contributed by atoms with E-state index in [0.29, 0.717) is 17.3 Å². The van der Waals surface area contributed by atoms with Crippen LogP contribution in [0.3, 0.4) is 0 Å². The number of halogens is 2. The monoisotopic (exact) mass is 478 g/mol. The smallest absolute Gasteiger partial charge is 0.165 e. The number of rotatable bonds is 7. The van der Waals surface area contributed by atoms with Crippen LogP contribution < -0.4 is 9.64 Å². The quantitative estimate of drug-likeness (QED) is 0.308. The molecule has 2 aromatic carbocycles. The van der Waals surface area contributed by atoms with Crippen molar-refractivity contribution in [1.82, 2.24) is 14.6 Å². The van der Waals surface area contributed by atoms with Gasteiger partial charge in [-0.1, -0.05) is 30.7 Å². The Morgan fingerprint density at radius 2 is 1.94 bits per heavy atom. The fraction of sp³-hybridized carbons (Fsp3) is 0.333. The second-order valence-electron chi connectivity index (χ2n) is 8.80. The van der Waals surface area contributed by atoms with E-state index in [-0.39, 0.29) is 5.82 Å². The number of methoxy groups -OCH3 is 1. The first-order valence-electron chi connectivity index (χ1n) is 11.7. The zero-order valence-corrected chi connectivity index (χ0v) is 20.5. The van der Waals surface area contributed by atoms with Gasteiger partial charge in [-0.2, -0.15) is 9.61 Å². The lowest BCUT2D eigenvalue weighted by Crippen LogP contribution is -2.27. The number of hydrogen-bond donors (Lipinski definition) is 0. The van der Waals surface area contributed by atoms with Gasteiger partial charge in [-0.15, -0.1) is 0 Å². The summed E-state index contributed by atoms with van der Waals surface area (Å²) in [6.45, 7) is 5.72. The Labute approximate surface area is 204 Å². The van der Waals surface area contributed by atoms with Gasteiger partial charge in [0.25, 0.3) is 0 Å². The fourth-order valence-electron chi connectivity index (χ4n) is 4.92. The van der Waals surface area contributed by atoms with E-state index in [0.717, 1.165) is 71.8 Å². The van der Waals surface area contributed by atoms with Crippen molar-refractivity contribution < 1.29 is 9.13 Å². The van der Waals surface area contributed by atoms with Crippen molar-refractivity contribution in [1.29, 1.82) is 0 Å². The maximum atomic E-state index is 13.5. The summed E-state index contributed by atoms with van der Waals surface area (Å²) >= 11 is 6.68. The highest BCUT2D eigenvalue weighted by Crippen LogP contribution is 2.39. The van der Waals surface area contributed by atoms with Crippen LogP contribution in [0.15, 0.2) is 42.5 Å². The van der Waals surface area contributed by atoms with Crippen molar-refractivity contribution in [3.63, 3.8) is 0 Å². The molecule has 34 heavy (non-hydrogen) atoms. The third-order valence-corrected chi connectivity index (χ3v) is 6.77. The van der Waals surface area contributed by atoms with Gasteiger partial charge in [-0.05, 0) is 68.5 Å². The van der Waals surface area contributed by atoms with Crippen LogP contribution in [0, 0.1) is 12.7 Å². The van der Waals surface area contributed by atoms with Crippen molar-refractivity contribution in [3.05, 3.63) is 75.8 Å². The minimum Gasteiger partial charge on any atom is -0.497 e. The Balaban J connectivity index is 1.70. The van der Waals surface area contributed by atoms with Crippen molar-refractivity contribution >= 4 is 23.1 Å². The number of aromatic nitrogens is 3. The molecule has 176 valence electrons. The second-order valence-corrected chi connectivity index (χ2v) is 9.21. The van der Waals surface area contributed by atoms with E-state index >= 15 is 0 Å². The average Bonchev–Trinajstić information content (AvgIpc) is 3.42. The molecule has 0 N–H and O–H groups in total. The lowest BCUT2D eigenvalue weighted by atomic mass is 10.1. The van der Waals surface area contributed by atoms with Crippen molar-refractivity contribution in [2.75, 3.05) is 18.6 Å². The van der Waals surface area contributed by atoms with Gasteiger partial charge in [0.2, 0.25) is 0 Å². The van der Waals surface area contributed by atoms with E-state index in [1.165, 1.54) is 17.7 Å². The van der Waals surface area contributed by atoms with E-state index < -0.39 is 0 Å². The van der Waals surface area contributed by atoms with Gasteiger partial charge in [0.1, 0.15) is 17.4 Å². The van der Waals surface area contributed by atoms with Crippen LogP contribution in [0.5, 0.6) is 5.75 Å². The van der Waals surface area contributed by atoms with Crippen molar-refractivity contribution in [2.24, 2.45) is 0 Å². The van der Waals surface area contributed by atoms with Crippen LogP contribution in [-0.4, -0.2) is 28.3 Å². The molecule has 4 aromatic rings. The molecule has 1 aliphatic rings. The van der Waals surface area contributed by atoms with Crippen LogP contribution in [-0.2, 0) is 19.4 Å². The van der Waals surface area contributed by atoms with Crippen LogP contribution in [0.2, 0.25) is 5.02 Å². The SMILES string of the molecule is CCCN(Cc1ccc(F)cc1)c1c2c(nc3c(-c4ccc(OC)cc4Cl)c(C)nn13)CCC2. The van der Waals surface area contributed by atoms with Gasteiger partial charge < -0.3 is 9.64 Å². The third kappa shape index (κ3) is 4.00. The molecule has 0 bridgehead atoms. The summed E-state index contributed by atoms with van der Waals surface area (Å²) in [7, 11) is 1.63. The molecule has 7 heteroatoms. The number of hydrogen-bond acceptors (Lipinski definition) is 4. The number of ether oxygens (including phenoxy) is 1. The molecular weight excluding hydrogens is 451 g/mol. The van der Waals surface area contributed by atoms with Gasteiger partial charge in [-0.25, -0.2) is 9.37 Å². The van der Waals surface area contributed by atoms with E-state index in [4.69, 9.17) is 26.4 Å². The van der Waals surface area contributed by atoms with Gasteiger partial charge in [0.05, 0.1) is 23.4 Å². The lowest BCUT2D eigenvalue weighted by Gasteiger charge is -2.27. The average molecular weight is 479 g/mol. The molecule has 0 saturated carbocycles. The maximum Gasteiger partial charge on any atom is 0.165 e. The second kappa shape index (κ2) is 9.26. The number of fused-ring (bicyclic) bond motifs is 2. The van der Waals surface area contributed by atoms with Gasteiger partial charge in [0, 0.05) is 29.9 Å². The van der Waals surface area contributed by atoms with Crippen LogP contribution in [0.4, 0.5) is 10.2 Å². The molecule has 0 spiro atoms. The molecule has 0 aliphatic heterocycles. The van der Waals surface area contributed by atoms with Crippen molar-refractivity contribution in [2.45, 2.75) is 46.1 Å². The summed E-state index contributed by atoms with van der Waals surface area (Å²) in [5, 5.41) is 5.58. The van der Waals surface area contributed by atoms with Gasteiger partial charge in [0.15, 0.2) is 5.65 Å². The summed E-state index contributed by atoms with van der Waals surface area (Å²) in [5.74, 6) is 1.58. The molecule has 0 unspecified atom stereocenters. The highest BCUT2D eigenvalue weighted by Gasteiger charge is 2.27. The van der Waals surface area contributed by atoms with E-state index in [9.17, 15) is 4.39 Å². The molecule has 0 saturated heterocycles. The zero-order valence-electron chi connectivity index (χ0n) is 19.7. The molecule has 5 rings (SSSR count). The highest BCUT2D eigenvalue weighted by atomic mass is 35.5. The largest absolute Gasteiger partial charge is 0.497 e. The first-order valence-corrected chi connectivity index (χ1v) is 12.1. The standard InChI is InChI=1S/C27H28ClFN4O/c1-4-14-32(16-18-8-10-19(29)11-9-18)27-22-6-5-7-24(22)30-26-25(17(2)31-33(26)27)21-13-12-20(34-3)15-23(21)28/h8-13,15H,4-7,14,16H2,1-3H3. The summed E-state index contributed by atoms with van der Waals surface area (Å²) in [4.78, 5) is 7.45. The van der Waals surface area contributed by atoms with Crippen molar-refractivity contribution in [3.8, 4) is 16.9 Å². The van der Waals surface area contributed by atoms with E-state index in [1.807, 2.05) is 41.8 Å². The maximum absolute atomic E-state index is 13.5. The number of benzene rings is 2. The Morgan fingerprint density at radius 1 is 1.15 bits per heavy atom. The van der Waals surface area contributed by atoms with Gasteiger partial charge >= 0.3 is 0 Å². The molecule has 0 fully saturated rings. The Morgan fingerprint density at radius 3 is 2.65 bits per heavy atom. The van der Waals surface area contributed by atoms with E-state index in [2.05, 4.69) is 11.8 Å². The minimum absolute atomic E-state index is 0.221. The molecule has 0 radical (unpaired) electrons. The predicted molar refractivity (Wildman–Crippen MR) is 134 cm³/mol. The molecule has 0 atom stereocenters. The molecule has 5 nitrogen and oxygen atoms in total. The highest BCUT2D eigenvalue weighted by molar-refractivity contribution is 6.33. The summed E-state index contributed by atoms with van der Waals surface area (Å²) in [6.07, 6.45) is 4.00. The Kier molecular flexibility index (Phi) is 6.17. The lowest BCUT2D eigenvalue weighted by molar-refractivity contribution is 0.415. The number of aryl methyl sites for hydroxylation is 2. The number of anilines is 1. The van der Waals surface area contributed by atoms with Crippen LogP contribution >= 0.6 is 11.6 Å². The minimum atomic E-state index is -0.221. The molecule has 0 amide bonds. The first-order chi connectivity index (χ1) is 16.5. The topological polar surface area (TPSA) is 42.7 Å². The zero-order chi connectivity index (χ0) is 23.8. The first kappa shape index (κ1) is 22.7. The molecule has 2 heterocycles.